The van der Waals surface area contributed by atoms with E-state index in [0.717, 1.165) is 11.8 Å². The van der Waals surface area contributed by atoms with Crippen molar-refractivity contribution < 1.29 is 0 Å². The summed E-state index contributed by atoms with van der Waals surface area (Å²) in [5.41, 5.74) is 0. The van der Waals surface area contributed by atoms with Crippen LogP contribution in [0.2, 0.25) is 0 Å². The van der Waals surface area contributed by atoms with E-state index in [1.807, 2.05) is 11.8 Å². The van der Waals surface area contributed by atoms with E-state index in [0.29, 0.717) is 11.4 Å². The first-order valence-electron chi connectivity index (χ1n) is 6.20. The number of hydrogen-bond donors (Lipinski definition) is 0. The van der Waals surface area contributed by atoms with Crippen LogP contribution in [0.3, 0.4) is 0 Å². The summed E-state index contributed by atoms with van der Waals surface area (Å²) in [6, 6.07) is 0.715. The van der Waals surface area contributed by atoms with Gasteiger partial charge in [0.05, 0.1) is 5.37 Å². The maximum atomic E-state index is 2.55. The van der Waals surface area contributed by atoms with Crippen LogP contribution in [-0.4, -0.2) is 29.6 Å². The van der Waals surface area contributed by atoms with Crippen LogP contribution >= 0.6 is 11.8 Å². The lowest BCUT2D eigenvalue weighted by atomic mass is 9.87. The highest BCUT2D eigenvalue weighted by Gasteiger charge is 2.26. The monoisotopic (exact) mass is 231 g/mol. The Balaban J connectivity index is 4.50. The summed E-state index contributed by atoms with van der Waals surface area (Å²) in [6.45, 7) is 11.7. The second-order valence-electron chi connectivity index (χ2n) is 5.00. The third kappa shape index (κ3) is 4.78. The topological polar surface area (TPSA) is 3.24 Å². The van der Waals surface area contributed by atoms with Gasteiger partial charge in [-0.25, -0.2) is 0 Å². The molecule has 0 aliphatic rings. The van der Waals surface area contributed by atoms with Gasteiger partial charge in [-0.15, -0.1) is 11.8 Å². The molecule has 0 aromatic heterocycles. The van der Waals surface area contributed by atoms with Crippen LogP contribution in [0.1, 0.15) is 47.5 Å². The lowest BCUT2D eigenvalue weighted by molar-refractivity contribution is 0.126. The Bertz CT molecular complexity index is 159. The van der Waals surface area contributed by atoms with E-state index < -0.39 is 0 Å². The third-order valence-electron chi connectivity index (χ3n) is 3.39. The van der Waals surface area contributed by atoms with Crippen LogP contribution in [0.15, 0.2) is 0 Å². The number of hydrogen-bond acceptors (Lipinski definition) is 2. The molecule has 3 unspecified atom stereocenters. The van der Waals surface area contributed by atoms with Gasteiger partial charge in [-0.1, -0.05) is 34.1 Å². The van der Waals surface area contributed by atoms with Crippen molar-refractivity contribution in [3.63, 3.8) is 0 Å². The van der Waals surface area contributed by atoms with Crippen molar-refractivity contribution in [2.45, 2.75) is 58.9 Å². The average molecular weight is 231 g/mol. The van der Waals surface area contributed by atoms with Crippen LogP contribution in [-0.2, 0) is 0 Å². The van der Waals surface area contributed by atoms with Crippen molar-refractivity contribution in [2.24, 2.45) is 11.8 Å². The predicted molar refractivity (Wildman–Crippen MR) is 73.4 cm³/mol. The molecule has 0 fully saturated rings. The summed E-state index contributed by atoms with van der Waals surface area (Å²) in [5.74, 6) is 1.54. The van der Waals surface area contributed by atoms with Crippen LogP contribution in [0, 0.1) is 11.8 Å². The van der Waals surface area contributed by atoms with E-state index in [9.17, 15) is 0 Å². The van der Waals surface area contributed by atoms with Crippen molar-refractivity contribution in [3.8, 4) is 0 Å². The Morgan fingerprint density at radius 1 is 1.13 bits per heavy atom. The lowest BCUT2D eigenvalue weighted by Crippen LogP contribution is -2.44. The third-order valence-corrected chi connectivity index (χ3v) is 4.41. The Labute approximate surface area is 101 Å². The molecule has 0 rings (SSSR count). The summed E-state index contributed by atoms with van der Waals surface area (Å²) in [6.07, 6.45) is 4.84. The Morgan fingerprint density at radius 3 is 2.00 bits per heavy atom. The van der Waals surface area contributed by atoms with Gasteiger partial charge in [-0.05, 0) is 38.5 Å². The fourth-order valence-corrected chi connectivity index (χ4v) is 3.04. The van der Waals surface area contributed by atoms with Gasteiger partial charge in [-0.3, -0.25) is 4.90 Å². The molecule has 0 aliphatic carbocycles. The van der Waals surface area contributed by atoms with Crippen LogP contribution in [0.5, 0.6) is 0 Å². The fraction of sp³-hybridized carbons (Fsp3) is 1.00. The molecule has 0 spiro atoms. The zero-order valence-corrected chi connectivity index (χ0v) is 12.4. The van der Waals surface area contributed by atoms with Crippen LogP contribution in [0.4, 0.5) is 0 Å². The van der Waals surface area contributed by atoms with Gasteiger partial charge in [0.1, 0.15) is 0 Å². The first-order valence-corrected chi connectivity index (χ1v) is 7.49. The molecule has 0 heterocycles. The standard InChI is InChI=1S/C13H29NS/c1-8-9-11(4)13(10(2)3)14(6)12(5)15-7/h10-13H,8-9H2,1-7H3. The quantitative estimate of drug-likeness (QED) is 0.607. The van der Waals surface area contributed by atoms with E-state index in [-0.39, 0.29) is 0 Å². The minimum absolute atomic E-state index is 0.622. The largest absolute Gasteiger partial charge is 0.291 e. The zero-order valence-electron chi connectivity index (χ0n) is 11.6. The zero-order chi connectivity index (χ0) is 12.0. The van der Waals surface area contributed by atoms with Crippen molar-refractivity contribution in [3.05, 3.63) is 0 Å². The molecule has 0 aliphatic heterocycles. The van der Waals surface area contributed by atoms with E-state index in [1.165, 1.54) is 12.8 Å². The summed E-state index contributed by atoms with van der Waals surface area (Å²) in [4.78, 5) is 2.55. The van der Waals surface area contributed by atoms with Gasteiger partial charge in [0.15, 0.2) is 0 Å². The Kier molecular flexibility index (Phi) is 7.72. The van der Waals surface area contributed by atoms with Crippen LogP contribution in [0.25, 0.3) is 0 Å². The highest BCUT2D eigenvalue weighted by molar-refractivity contribution is 7.99. The minimum Gasteiger partial charge on any atom is -0.291 e. The second-order valence-corrected chi connectivity index (χ2v) is 6.15. The number of nitrogens with zero attached hydrogens (tertiary/aromatic N) is 1. The van der Waals surface area contributed by atoms with Gasteiger partial charge < -0.3 is 0 Å². The predicted octanol–water partition coefficient (Wildman–Crippen LogP) is 4.09. The Hall–Kier alpha value is 0.310. The molecule has 92 valence electrons. The van der Waals surface area contributed by atoms with Gasteiger partial charge in [0, 0.05) is 6.04 Å². The first-order chi connectivity index (χ1) is 6.95. The number of thioether (sulfide) groups is 1. The molecule has 2 heteroatoms. The van der Waals surface area contributed by atoms with E-state index in [2.05, 4.69) is 52.8 Å². The molecular weight excluding hydrogens is 202 g/mol. The normalized spacial score (nSPS) is 18.2. The molecule has 0 saturated carbocycles. The fourth-order valence-electron chi connectivity index (χ4n) is 2.56. The smallest absolute Gasteiger partial charge is 0.0526 e. The number of rotatable bonds is 7. The van der Waals surface area contributed by atoms with Crippen molar-refractivity contribution >= 4 is 11.8 Å². The molecule has 0 radical (unpaired) electrons. The first kappa shape index (κ1) is 15.3. The second kappa shape index (κ2) is 7.56. The molecule has 0 saturated heterocycles. The molecule has 1 nitrogen and oxygen atoms in total. The molecular formula is C13H29NS. The van der Waals surface area contributed by atoms with Gasteiger partial charge >= 0.3 is 0 Å². The summed E-state index contributed by atoms with van der Waals surface area (Å²) in [5, 5.41) is 0.622. The van der Waals surface area contributed by atoms with E-state index in [4.69, 9.17) is 0 Å². The average Bonchev–Trinajstić information content (AvgIpc) is 2.16. The minimum atomic E-state index is 0.622. The van der Waals surface area contributed by atoms with Gasteiger partial charge in [0.25, 0.3) is 0 Å². The maximum Gasteiger partial charge on any atom is 0.0526 e. The molecule has 0 aromatic carbocycles. The summed E-state index contributed by atoms with van der Waals surface area (Å²) >= 11 is 1.94. The SMILES string of the molecule is CCCC(C)C(C(C)C)N(C)C(C)SC. The van der Waals surface area contributed by atoms with Gasteiger partial charge in [0.2, 0.25) is 0 Å². The highest BCUT2D eigenvalue weighted by atomic mass is 32.2. The van der Waals surface area contributed by atoms with Crippen molar-refractivity contribution in [1.82, 2.24) is 4.90 Å². The summed E-state index contributed by atoms with van der Waals surface area (Å²) in [7, 11) is 2.28. The highest BCUT2D eigenvalue weighted by Crippen LogP contribution is 2.26. The molecule has 0 N–H and O–H groups in total. The van der Waals surface area contributed by atoms with E-state index >= 15 is 0 Å². The molecule has 0 aromatic rings. The Morgan fingerprint density at radius 2 is 1.67 bits per heavy atom. The lowest BCUT2D eigenvalue weighted by Gasteiger charge is -2.39. The van der Waals surface area contributed by atoms with Gasteiger partial charge in [-0.2, -0.15) is 0 Å². The maximum absolute atomic E-state index is 2.55. The van der Waals surface area contributed by atoms with Crippen molar-refractivity contribution in [2.75, 3.05) is 13.3 Å². The molecule has 15 heavy (non-hydrogen) atoms. The van der Waals surface area contributed by atoms with E-state index in [1.54, 1.807) is 0 Å². The van der Waals surface area contributed by atoms with Crippen molar-refractivity contribution in [1.29, 1.82) is 0 Å². The molecule has 0 amide bonds. The molecule has 0 bridgehead atoms. The summed E-state index contributed by atoms with van der Waals surface area (Å²) < 4.78 is 0. The molecule has 3 atom stereocenters. The van der Waals surface area contributed by atoms with Crippen LogP contribution < -0.4 is 0 Å².